The minimum absolute atomic E-state index is 0.0120. The van der Waals surface area contributed by atoms with Gasteiger partial charge in [0.15, 0.2) is 34.5 Å². The summed E-state index contributed by atoms with van der Waals surface area (Å²) in [5.41, 5.74) is 2.39. The first-order valence-electron chi connectivity index (χ1n) is 11.1. The fourth-order valence-corrected chi connectivity index (χ4v) is 3.89. The number of aromatic hydroxyl groups is 1. The van der Waals surface area contributed by atoms with Gasteiger partial charge in [-0.15, -0.1) is 0 Å². The Morgan fingerprint density at radius 1 is 0.811 bits per heavy atom. The Bertz CT molecular complexity index is 1310. The lowest BCUT2D eigenvalue weighted by atomic mass is 10.1. The first kappa shape index (κ1) is 27.4. The van der Waals surface area contributed by atoms with Gasteiger partial charge in [-0.3, -0.25) is 9.79 Å². The summed E-state index contributed by atoms with van der Waals surface area (Å²) >= 11 is 6.44. The molecule has 0 heterocycles. The first-order chi connectivity index (χ1) is 17.8. The number of phenolic OH excluding ortho intramolecular Hbond substituents is 1. The Balaban J connectivity index is 1.84. The van der Waals surface area contributed by atoms with Gasteiger partial charge in [-0.05, 0) is 53.6 Å². The highest BCUT2D eigenvalue weighted by Crippen LogP contribution is 2.40. The zero-order valence-corrected chi connectivity index (χ0v) is 22.0. The van der Waals surface area contributed by atoms with Crippen LogP contribution in [0.15, 0.2) is 47.5 Å². The third kappa shape index (κ3) is 6.54. The molecule has 0 aliphatic rings. The summed E-state index contributed by atoms with van der Waals surface area (Å²) < 4.78 is 26.6. The highest BCUT2D eigenvalue weighted by atomic mass is 35.5. The van der Waals surface area contributed by atoms with Crippen LogP contribution < -0.4 is 23.7 Å². The number of ether oxygens (including phenoxy) is 5. The van der Waals surface area contributed by atoms with Crippen molar-refractivity contribution in [1.29, 1.82) is 0 Å². The van der Waals surface area contributed by atoms with Gasteiger partial charge >= 0.3 is 0 Å². The number of carbonyl (C=O) groups is 1. The number of aliphatic imine (C=N–C) groups is 1. The molecule has 9 heteroatoms. The number of nitrogens with zero attached hydrogens (tertiary/aromatic N) is 1. The molecule has 1 N–H and O–H groups in total. The van der Waals surface area contributed by atoms with Crippen LogP contribution in [0.1, 0.15) is 27.9 Å². The molecule has 3 aromatic carbocycles. The maximum Gasteiger partial charge on any atom is 0.203 e. The standard InChI is InChI=1S/C28H28ClNO7/c1-33-24-9-8-19(16-23(24)32)22(31)10-11-30-21-13-17(12-20(29)27(21)36-4)6-7-18-14-25(34-2)28(37-5)26(15-18)35-3/h6-9,11-16,32H,10H2,1-5H3/b7-6-,30-11?. The van der Waals surface area contributed by atoms with Gasteiger partial charge in [0.05, 0.1) is 40.6 Å². The van der Waals surface area contributed by atoms with E-state index in [0.29, 0.717) is 45.0 Å². The topological polar surface area (TPSA) is 95.8 Å². The third-order valence-electron chi connectivity index (χ3n) is 5.41. The molecule has 0 saturated heterocycles. The van der Waals surface area contributed by atoms with Crippen molar-refractivity contribution in [2.45, 2.75) is 6.42 Å². The lowest BCUT2D eigenvalue weighted by Crippen LogP contribution is -1.99. The molecule has 0 atom stereocenters. The minimum Gasteiger partial charge on any atom is -0.504 e. The molecule has 37 heavy (non-hydrogen) atoms. The van der Waals surface area contributed by atoms with Gasteiger partial charge in [0, 0.05) is 18.2 Å². The van der Waals surface area contributed by atoms with Crippen LogP contribution in [-0.2, 0) is 0 Å². The zero-order valence-electron chi connectivity index (χ0n) is 21.2. The van der Waals surface area contributed by atoms with E-state index in [1.54, 1.807) is 39.5 Å². The van der Waals surface area contributed by atoms with Gasteiger partial charge in [0.2, 0.25) is 5.75 Å². The first-order valence-corrected chi connectivity index (χ1v) is 11.5. The fourth-order valence-electron chi connectivity index (χ4n) is 3.59. The van der Waals surface area contributed by atoms with Crippen LogP contribution in [0.2, 0.25) is 5.02 Å². The lowest BCUT2D eigenvalue weighted by Gasteiger charge is -2.13. The van der Waals surface area contributed by atoms with Crippen LogP contribution >= 0.6 is 11.6 Å². The second kappa shape index (κ2) is 12.7. The number of benzene rings is 3. The van der Waals surface area contributed by atoms with Crippen molar-refractivity contribution in [3.8, 4) is 34.5 Å². The fraction of sp³-hybridized carbons (Fsp3) is 0.214. The number of Topliss-reactive ketones (excluding diaryl/α,β-unsaturated/α-hetero) is 1. The molecular weight excluding hydrogens is 498 g/mol. The number of hydrogen-bond donors (Lipinski definition) is 1. The van der Waals surface area contributed by atoms with E-state index >= 15 is 0 Å². The molecule has 0 bridgehead atoms. The summed E-state index contributed by atoms with van der Waals surface area (Å²) in [5.74, 6) is 1.93. The van der Waals surface area contributed by atoms with E-state index in [4.69, 9.17) is 35.3 Å². The van der Waals surface area contributed by atoms with Gasteiger partial charge in [0.1, 0.15) is 5.69 Å². The summed E-state index contributed by atoms with van der Waals surface area (Å²) in [6.45, 7) is 0. The number of ketones is 1. The van der Waals surface area contributed by atoms with Crippen molar-refractivity contribution in [3.05, 3.63) is 64.2 Å². The average molecular weight is 526 g/mol. The molecular formula is C28H28ClNO7. The van der Waals surface area contributed by atoms with Gasteiger partial charge < -0.3 is 28.8 Å². The molecule has 0 aromatic heterocycles. The molecule has 0 fully saturated rings. The summed E-state index contributed by atoms with van der Waals surface area (Å²) in [4.78, 5) is 17.0. The quantitative estimate of drug-likeness (QED) is 0.180. The molecule has 0 amide bonds. The van der Waals surface area contributed by atoms with Crippen LogP contribution in [-0.4, -0.2) is 52.7 Å². The number of phenols is 1. The van der Waals surface area contributed by atoms with Crippen molar-refractivity contribution in [3.63, 3.8) is 0 Å². The van der Waals surface area contributed by atoms with E-state index in [0.717, 1.165) is 11.1 Å². The Kier molecular flexibility index (Phi) is 9.40. The molecule has 3 aromatic rings. The maximum absolute atomic E-state index is 12.5. The number of rotatable bonds is 11. The Hall–Kier alpha value is -4.17. The number of methoxy groups -OCH3 is 5. The number of halogens is 1. The molecule has 0 aliphatic carbocycles. The van der Waals surface area contributed by atoms with E-state index in [1.807, 2.05) is 24.3 Å². The van der Waals surface area contributed by atoms with Crippen LogP contribution in [0.5, 0.6) is 34.5 Å². The maximum atomic E-state index is 12.5. The predicted molar refractivity (Wildman–Crippen MR) is 145 cm³/mol. The smallest absolute Gasteiger partial charge is 0.203 e. The zero-order chi connectivity index (χ0) is 26.9. The SMILES string of the molecule is COc1ccc(C(=O)CC=Nc2cc(/C=C\c3cc(OC)c(OC)c(OC)c3)cc(Cl)c2OC)cc1O. The van der Waals surface area contributed by atoms with Crippen LogP contribution in [0, 0.1) is 0 Å². The summed E-state index contributed by atoms with van der Waals surface area (Å²) in [6, 6.07) is 11.7. The predicted octanol–water partition coefficient (Wildman–Crippen LogP) is 6.23. The highest BCUT2D eigenvalue weighted by molar-refractivity contribution is 6.32. The van der Waals surface area contributed by atoms with Gasteiger partial charge in [0.25, 0.3) is 0 Å². The highest BCUT2D eigenvalue weighted by Gasteiger charge is 2.13. The molecule has 0 radical (unpaired) electrons. The van der Waals surface area contributed by atoms with E-state index in [-0.39, 0.29) is 18.0 Å². The summed E-state index contributed by atoms with van der Waals surface area (Å²) in [7, 11) is 7.60. The van der Waals surface area contributed by atoms with Crippen molar-refractivity contribution in [1.82, 2.24) is 0 Å². The molecule has 0 spiro atoms. The normalized spacial score (nSPS) is 11.1. The van der Waals surface area contributed by atoms with Gasteiger partial charge in [-0.2, -0.15) is 0 Å². The third-order valence-corrected chi connectivity index (χ3v) is 5.69. The Morgan fingerprint density at radius 2 is 1.41 bits per heavy atom. The van der Waals surface area contributed by atoms with Crippen LogP contribution in [0.4, 0.5) is 5.69 Å². The van der Waals surface area contributed by atoms with E-state index in [2.05, 4.69) is 4.99 Å². The van der Waals surface area contributed by atoms with E-state index < -0.39 is 0 Å². The molecule has 194 valence electrons. The van der Waals surface area contributed by atoms with E-state index in [9.17, 15) is 9.90 Å². The monoisotopic (exact) mass is 525 g/mol. The van der Waals surface area contributed by atoms with Crippen molar-refractivity contribution in [2.24, 2.45) is 4.99 Å². The van der Waals surface area contributed by atoms with Gasteiger partial charge in [-0.1, -0.05) is 23.8 Å². The Labute approximate surface area is 220 Å². The van der Waals surface area contributed by atoms with Gasteiger partial charge in [-0.25, -0.2) is 0 Å². The summed E-state index contributed by atoms with van der Waals surface area (Å²) in [5, 5.41) is 10.3. The molecule has 8 nitrogen and oxygen atoms in total. The van der Waals surface area contributed by atoms with Crippen molar-refractivity contribution in [2.75, 3.05) is 35.5 Å². The second-order valence-electron chi connectivity index (χ2n) is 7.67. The minimum atomic E-state index is -0.217. The molecule has 0 saturated carbocycles. The average Bonchev–Trinajstić information content (AvgIpc) is 2.90. The van der Waals surface area contributed by atoms with Crippen LogP contribution in [0.25, 0.3) is 12.2 Å². The Morgan fingerprint density at radius 3 is 1.95 bits per heavy atom. The lowest BCUT2D eigenvalue weighted by molar-refractivity contribution is 0.100. The van der Waals surface area contributed by atoms with E-state index in [1.165, 1.54) is 32.6 Å². The number of hydrogen-bond acceptors (Lipinski definition) is 8. The second-order valence-corrected chi connectivity index (χ2v) is 8.08. The van der Waals surface area contributed by atoms with Crippen molar-refractivity contribution >= 4 is 41.4 Å². The molecule has 0 unspecified atom stereocenters. The summed E-state index contributed by atoms with van der Waals surface area (Å²) in [6.07, 6.45) is 5.22. The number of carbonyl (C=O) groups excluding carboxylic acids is 1. The molecule has 0 aliphatic heterocycles. The van der Waals surface area contributed by atoms with Crippen LogP contribution in [0.3, 0.4) is 0 Å². The largest absolute Gasteiger partial charge is 0.504 e. The van der Waals surface area contributed by atoms with Crippen molar-refractivity contribution < 1.29 is 33.6 Å². The molecule has 3 rings (SSSR count).